The fourth-order valence-electron chi connectivity index (χ4n) is 4.68. The topological polar surface area (TPSA) is 89.6 Å². The highest BCUT2D eigenvalue weighted by atomic mass is 32.2. The van der Waals surface area contributed by atoms with Crippen LogP contribution in [0, 0.1) is 13.8 Å². The number of fused-ring (bicyclic) bond motifs is 1. The smallest absolute Gasteiger partial charge is 0.243 e. The van der Waals surface area contributed by atoms with Gasteiger partial charge in [-0.2, -0.15) is 4.31 Å². The highest BCUT2D eigenvalue weighted by Crippen LogP contribution is 2.36. The van der Waals surface area contributed by atoms with E-state index in [0.717, 1.165) is 68.5 Å². The van der Waals surface area contributed by atoms with Crippen molar-refractivity contribution in [3.05, 3.63) is 59.1 Å². The Hall–Kier alpha value is -3.21. The van der Waals surface area contributed by atoms with Gasteiger partial charge in [0.15, 0.2) is 5.13 Å². The maximum absolute atomic E-state index is 13.6. The highest BCUT2D eigenvalue weighted by Gasteiger charge is 2.27. The molecule has 2 aromatic carbocycles. The minimum absolute atomic E-state index is 0.156. The van der Waals surface area contributed by atoms with Crippen LogP contribution >= 0.6 is 11.3 Å². The van der Waals surface area contributed by atoms with Gasteiger partial charge in [-0.1, -0.05) is 12.1 Å². The molecule has 5 rings (SSSR count). The van der Waals surface area contributed by atoms with Crippen molar-refractivity contribution in [3.8, 4) is 11.3 Å². The largest absolute Gasteiger partial charge is 0.371 e. The molecule has 8 nitrogen and oxygen atoms in total. The number of likely N-dealkylation sites (N-methyl/N-ethyl adjacent to an activating group) is 2. The molecule has 0 radical (unpaired) electrons. The maximum atomic E-state index is 13.6. The van der Waals surface area contributed by atoms with Crippen LogP contribution in [0.1, 0.15) is 23.3 Å². The van der Waals surface area contributed by atoms with Crippen LogP contribution in [0.25, 0.3) is 22.2 Å². The highest BCUT2D eigenvalue weighted by molar-refractivity contribution is 7.89. The molecule has 1 N–H and O–H groups in total. The van der Waals surface area contributed by atoms with Gasteiger partial charge in [0.1, 0.15) is 0 Å². The Morgan fingerprint density at radius 1 is 1.08 bits per heavy atom. The number of nitrogens with zero attached hydrogens (tertiary/aromatic N) is 4. The number of carbonyl (C=O) groups excluding carboxylic acids is 1. The zero-order valence-electron chi connectivity index (χ0n) is 21.5. The summed E-state index contributed by atoms with van der Waals surface area (Å²) >= 11 is 1.39. The molecule has 1 fully saturated rings. The molecule has 4 aromatic rings. The first-order valence-corrected chi connectivity index (χ1v) is 14.5. The van der Waals surface area contributed by atoms with E-state index in [1.807, 2.05) is 19.9 Å². The van der Waals surface area contributed by atoms with E-state index in [-0.39, 0.29) is 17.3 Å². The molecular weight excluding hydrogens is 506 g/mol. The van der Waals surface area contributed by atoms with Crippen molar-refractivity contribution in [3.63, 3.8) is 0 Å². The maximum Gasteiger partial charge on any atom is 0.243 e. The third-order valence-corrected chi connectivity index (χ3v) is 9.61. The van der Waals surface area contributed by atoms with E-state index in [2.05, 4.69) is 39.1 Å². The van der Waals surface area contributed by atoms with Crippen molar-refractivity contribution in [1.82, 2.24) is 14.3 Å². The van der Waals surface area contributed by atoms with Gasteiger partial charge in [-0.3, -0.25) is 9.69 Å². The first kappa shape index (κ1) is 25.4. The number of sulfonamides is 1. The third-order valence-electron chi connectivity index (χ3n) is 6.82. The number of H-pyrrole nitrogens is 1. The molecule has 0 saturated carbocycles. The lowest BCUT2D eigenvalue weighted by molar-refractivity contribution is -0.118. The molecule has 1 amide bonds. The molecule has 0 spiro atoms. The van der Waals surface area contributed by atoms with Gasteiger partial charge < -0.3 is 9.88 Å². The van der Waals surface area contributed by atoms with Crippen molar-refractivity contribution in [2.24, 2.45) is 0 Å². The Morgan fingerprint density at radius 2 is 1.84 bits per heavy atom. The lowest BCUT2D eigenvalue weighted by Gasteiger charge is -2.23. The van der Waals surface area contributed by atoms with Crippen molar-refractivity contribution < 1.29 is 13.2 Å². The van der Waals surface area contributed by atoms with Gasteiger partial charge in [-0.15, -0.1) is 11.3 Å². The number of amides is 1. The zero-order chi connectivity index (χ0) is 26.3. The standard InChI is InChI=1S/C27H31N5O3S2/c1-18-7-8-20-14-24(29-23(20)13-18)22-15-21(9-10-25(22)32-11-5-6-12-32)37(34,35)30(3)17-26(33)31(4)27-28-16-19(2)36-27/h7-10,13-16,29H,5-6,11-12,17H2,1-4H3. The lowest BCUT2D eigenvalue weighted by atomic mass is 10.1. The molecule has 1 aliphatic heterocycles. The van der Waals surface area contributed by atoms with Crippen LogP contribution in [0.5, 0.6) is 0 Å². The second-order valence-electron chi connectivity index (χ2n) is 9.61. The molecule has 3 heterocycles. The monoisotopic (exact) mass is 537 g/mol. The van der Waals surface area contributed by atoms with Crippen LogP contribution in [0.3, 0.4) is 0 Å². The van der Waals surface area contributed by atoms with E-state index < -0.39 is 10.0 Å². The van der Waals surface area contributed by atoms with Gasteiger partial charge in [-0.25, -0.2) is 13.4 Å². The van der Waals surface area contributed by atoms with Gasteiger partial charge in [0, 0.05) is 66.1 Å². The molecule has 10 heteroatoms. The molecule has 194 valence electrons. The molecule has 1 saturated heterocycles. The van der Waals surface area contributed by atoms with Gasteiger partial charge in [0.2, 0.25) is 15.9 Å². The number of carbonyl (C=O) groups is 1. The van der Waals surface area contributed by atoms with E-state index in [4.69, 9.17) is 0 Å². The Kier molecular flexibility index (Phi) is 6.82. The van der Waals surface area contributed by atoms with Gasteiger partial charge >= 0.3 is 0 Å². The Labute approximate surface area is 221 Å². The summed E-state index contributed by atoms with van der Waals surface area (Å²) < 4.78 is 28.3. The number of aromatic nitrogens is 2. The fourth-order valence-corrected chi connectivity index (χ4v) is 6.56. The number of hydrogen-bond donors (Lipinski definition) is 1. The first-order valence-electron chi connectivity index (χ1n) is 12.3. The summed E-state index contributed by atoms with van der Waals surface area (Å²) in [6.45, 7) is 5.55. The minimum Gasteiger partial charge on any atom is -0.371 e. The van der Waals surface area contributed by atoms with E-state index in [1.165, 1.54) is 23.3 Å². The Bertz CT molecular complexity index is 1570. The van der Waals surface area contributed by atoms with Crippen molar-refractivity contribution in [2.45, 2.75) is 31.6 Å². The van der Waals surface area contributed by atoms with Crippen LogP contribution in [-0.4, -0.2) is 62.3 Å². The van der Waals surface area contributed by atoms with Crippen LogP contribution in [0.15, 0.2) is 53.6 Å². The van der Waals surface area contributed by atoms with Crippen molar-refractivity contribution in [2.75, 3.05) is 43.5 Å². The Morgan fingerprint density at radius 3 is 2.54 bits per heavy atom. The van der Waals surface area contributed by atoms with E-state index in [9.17, 15) is 13.2 Å². The number of rotatable bonds is 7. The number of benzene rings is 2. The molecule has 0 bridgehead atoms. The average molecular weight is 538 g/mol. The number of aryl methyl sites for hydroxylation is 2. The molecule has 0 atom stereocenters. The second-order valence-corrected chi connectivity index (χ2v) is 12.9. The zero-order valence-corrected chi connectivity index (χ0v) is 23.1. The van der Waals surface area contributed by atoms with Crippen molar-refractivity contribution in [1.29, 1.82) is 0 Å². The Balaban J connectivity index is 1.48. The number of thiazole rings is 1. The molecule has 0 unspecified atom stereocenters. The molecular formula is C27H31N5O3S2. The predicted octanol–water partition coefficient (Wildman–Crippen LogP) is 4.79. The molecule has 37 heavy (non-hydrogen) atoms. The summed E-state index contributed by atoms with van der Waals surface area (Å²) in [5.74, 6) is -0.347. The van der Waals surface area contributed by atoms with Crippen LogP contribution in [0.2, 0.25) is 0 Å². The van der Waals surface area contributed by atoms with Gasteiger partial charge in [0.05, 0.1) is 11.4 Å². The number of anilines is 2. The second kappa shape index (κ2) is 9.92. The summed E-state index contributed by atoms with van der Waals surface area (Å²) in [6, 6.07) is 13.6. The van der Waals surface area contributed by atoms with Crippen LogP contribution in [0.4, 0.5) is 10.8 Å². The first-order chi connectivity index (χ1) is 17.6. The summed E-state index contributed by atoms with van der Waals surface area (Å²) in [5, 5.41) is 1.61. The average Bonchev–Trinajstić information content (AvgIpc) is 3.63. The summed E-state index contributed by atoms with van der Waals surface area (Å²) in [6.07, 6.45) is 3.92. The summed E-state index contributed by atoms with van der Waals surface area (Å²) in [7, 11) is -0.865. The molecule has 1 aliphatic rings. The minimum atomic E-state index is -3.92. The number of aromatic amines is 1. The molecule has 2 aromatic heterocycles. The van der Waals surface area contributed by atoms with Crippen molar-refractivity contribution >= 4 is 49.0 Å². The van der Waals surface area contributed by atoms with Crippen LogP contribution < -0.4 is 9.80 Å². The quantitative estimate of drug-likeness (QED) is 0.366. The number of nitrogens with one attached hydrogen (secondary N) is 1. The van der Waals surface area contributed by atoms with E-state index in [0.29, 0.717) is 5.13 Å². The summed E-state index contributed by atoms with van der Waals surface area (Å²) in [4.78, 5) is 25.4. The van der Waals surface area contributed by atoms with Gasteiger partial charge in [-0.05, 0) is 62.6 Å². The third kappa shape index (κ3) is 5.01. The number of hydrogen-bond acceptors (Lipinski definition) is 6. The summed E-state index contributed by atoms with van der Waals surface area (Å²) in [5.41, 5.74) is 4.89. The van der Waals surface area contributed by atoms with Crippen LogP contribution in [-0.2, 0) is 14.8 Å². The van der Waals surface area contributed by atoms with Gasteiger partial charge in [0.25, 0.3) is 0 Å². The normalized spacial score (nSPS) is 14.1. The predicted molar refractivity (Wildman–Crippen MR) is 150 cm³/mol. The van der Waals surface area contributed by atoms with E-state index >= 15 is 0 Å². The van der Waals surface area contributed by atoms with E-state index in [1.54, 1.807) is 25.4 Å². The SMILES string of the molecule is Cc1ccc2cc(-c3cc(S(=O)(=O)N(C)CC(=O)N(C)c4ncc(C)s4)ccc3N3CCCC3)[nH]c2c1. The fraction of sp³-hybridized carbons (Fsp3) is 0.333. The lowest BCUT2D eigenvalue weighted by Crippen LogP contribution is -2.39. The molecule has 0 aliphatic carbocycles.